The molecule has 3 heterocycles. The number of fused-ring (bicyclic) bond motifs is 1. The molecule has 0 unspecified atom stereocenters. The molecule has 0 atom stereocenters. The van der Waals surface area contributed by atoms with Crippen molar-refractivity contribution in [2.24, 2.45) is 0 Å². The van der Waals surface area contributed by atoms with E-state index >= 15 is 0 Å². The van der Waals surface area contributed by atoms with Crippen molar-refractivity contribution >= 4 is 40.2 Å². The van der Waals surface area contributed by atoms with Crippen molar-refractivity contribution in [3.05, 3.63) is 55.9 Å². The van der Waals surface area contributed by atoms with Gasteiger partial charge in [-0.25, -0.2) is 0 Å². The molecule has 3 rings (SSSR count). The monoisotopic (exact) mass is 322 g/mol. The predicted octanol–water partition coefficient (Wildman–Crippen LogP) is 3.59. The molecular formula is C13H11ClN4O2S. The number of imidazole rings is 1. The second-order valence-corrected chi connectivity index (χ2v) is 6.31. The SMILES string of the molecule is CN(Cc1ccc(Cl)s1)c1nc2ccccn2c1[N+](=O)[O-]. The van der Waals surface area contributed by atoms with Gasteiger partial charge in [0.2, 0.25) is 11.5 Å². The molecule has 0 fully saturated rings. The Balaban J connectivity index is 2.02. The zero-order valence-corrected chi connectivity index (χ0v) is 12.6. The number of hydrogen-bond acceptors (Lipinski definition) is 5. The van der Waals surface area contributed by atoms with Gasteiger partial charge in [0.1, 0.15) is 0 Å². The minimum Gasteiger partial charge on any atom is -0.358 e. The van der Waals surface area contributed by atoms with E-state index in [0.717, 1.165) is 4.88 Å². The first-order valence-corrected chi connectivity index (χ1v) is 7.32. The van der Waals surface area contributed by atoms with Gasteiger partial charge < -0.3 is 15.0 Å². The van der Waals surface area contributed by atoms with Crippen LogP contribution in [-0.4, -0.2) is 21.4 Å². The summed E-state index contributed by atoms with van der Waals surface area (Å²) in [5, 5.41) is 11.4. The Morgan fingerprint density at radius 1 is 1.43 bits per heavy atom. The number of rotatable bonds is 4. The van der Waals surface area contributed by atoms with E-state index in [1.54, 1.807) is 36.3 Å². The van der Waals surface area contributed by atoms with Crippen molar-refractivity contribution in [3.8, 4) is 0 Å². The average molecular weight is 323 g/mol. The molecule has 0 amide bonds. The van der Waals surface area contributed by atoms with E-state index in [4.69, 9.17) is 11.6 Å². The van der Waals surface area contributed by atoms with Crippen molar-refractivity contribution in [3.63, 3.8) is 0 Å². The van der Waals surface area contributed by atoms with Crippen LogP contribution in [0.3, 0.4) is 0 Å². The number of aromatic nitrogens is 2. The Bertz CT molecular complexity index is 813. The van der Waals surface area contributed by atoms with Crippen LogP contribution in [0.2, 0.25) is 4.34 Å². The van der Waals surface area contributed by atoms with Gasteiger partial charge in [-0.3, -0.25) is 0 Å². The molecule has 21 heavy (non-hydrogen) atoms. The fraction of sp³-hybridized carbons (Fsp3) is 0.154. The zero-order chi connectivity index (χ0) is 15.0. The second kappa shape index (κ2) is 5.34. The molecule has 0 aliphatic heterocycles. The molecule has 3 aromatic rings. The zero-order valence-electron chi connectivity index (χ0n) is 11.1. The van der Waals surface area contributed by atoms with Crippen LogP contribution >= 0.6 is 22.9 Å². The number of pyridine rings is 1. The van der Waals surface area contributed by atoms with Crippen molar-refractivity contribution in [2.45, 2.75) is 6.54 Å². The maximum atomic E-state index is 11.4. The second-order valence-electron chi connectivity index (χ2n) is 4.51. The van der Waals surface area contributed by atoms with Crippen molar-refractivity contribution < 1.29 is 4.92 Å². The van der Waals surface area contributed by atoms with Gasteiger partial charge in [-0.05, 0) is 23.1 Å². The van der Waals surface area contributed by atoms with E-state index in [0.29, 0.717) is 22.3 Å². The standard InChI is InChI=1S/C13H11ClN4O2S/c1-16(8-9-5-6-10(14)21-9)12-13(18(19)20)17-7-3-2-4-11(17)15-12/h2-7H,8H2,1H3. The molecule has 3 aromatic heterocycles. The lowest BCUT2D eigenvalue weighted by molar-refractivity contribution is -0.389. The third kappa shape index (κ3) is 2.57. The Morgan fingerprint density at radius 2 is 2.24 bits per heavy atom. The molecule has 108 valence electrons. The molecule has 0 bridgehead atoms. The van der Waals surface area contributed by atoms with Crippen LogP contribution in [0.1, 0.15) is 4.88 Å². The summed E-state index contributed by atoms with van der Waals surface area (Å²) >= 11 is 7.36. The van der Waals surface area contributed by atoms with Gasteiger partial charge in [0, 0.05) is 18.0 Å². The third-order valence-electron chi connectivity index (χ3n) is 3.04. The van der Waals surface area contributed by atoms with Crippen molar-refractivity contribution in [1.82, 2.24) is 9.38 Å². The third-order valence-corrected chi connectivity index (χ3v) is 4.26. The molecular weight excluding hydrogens is 312 g/mol. The van der Waals surface area contributed by atoms with E-state index in [9.17, 15) is 10.1 Å². The molecule has 8 heteroatoms. The molecule has 0 saturated heterocycles. The van der Waals surface area contributed by atoms with E-state index in [1.165, 1.54) is 15.7 Å². The summed E-state index contributed by atoms with van der Waals surface area (Å²) in [6.45, 7) is 0.516. The fourth-order valence-corrected chi connectivity index (χ4v) is 3.28. The lowest BCUT2D eigenvalue weighted by Gasteiger charge is -2.14. The topological polar surface area (TPSA) is 63.7 Å². The molecule has 0 aromatic carbocycles. The minimum atomic E-state index is -0.409. The summed E-state index contributed by atoms with van der Waals surface area (Å²) in [7, 11) is 1.78. The highest BCUT2D eigenvalue weighted by atomic mass is 35.5. The van der Waals surface area contributed by atoms with Gasteiger partial charge in [0.25, 0.3) is 0 Å². The summed E-state index contributed by atoms with van der Waals surface area (Å²) in [5.41, 5.74) is 0.551. The first-order chi connectivity index (χ1) is 10.1. The Kier molecular flexibility index (Phi) is 3.52. The average Bonchev–Trinajstić information content (AvgIpc) is 3.02. The van der Waals surface area contributed by atoms with Gasteiger partial charge in [0.05, 0.1) is 17.1 Å². The fourth-order valence-electron chi connectivity index (χ4n) is 2.14. The lowest BCUT2D eigenvalue weighted by atomic mass is 10.4. The molecule has 0 spiro atoms. The molecule has 0 saturated carbocycles. The maximum Gasteiger partial charge on any atom is 0.372 e. The summed E-state index contributed by atoms with van der Waals surface area (Å²) in [4.78, 5) is 18.1. The molecule has 0 N–H and O–H groups in total. The van der Waals surface area contributed by atoms with E-state index in [2.05, 4.69) is 4.98 Å². The van der Waals surface area contributed by atoms with Crippen LogP contribution in [-0.2, 0) is 6.54 Å². The number of thiophene rings is 1. The first-order valence-electron chi connectivity index (χ1n) is 6.13. The molecule has 0 radical (unpaired) electrons. The molecule has 0 aliphatic rings. The van der Waals surface area contributed by atoms with Gasteiger partial charge in [-0.15, -0.1) is 11.3 Å². The van der Waals surface area contributed by atoms with Crippen LogP contribution in [0.4, 0.5) is 11.6 Å². The van der Waals surface area contributed by atoms with Crippen molar-refractivity contribution in [1.29, 1.82) is 0 Å². The summed E-state index contributed by atoms with van der Waals surface area (Å²) < 4.78 is 2.18. The Morgan fingerprint density at radius 3 is 2.90 bits per heavy atom. The normalized spacial score (nSPS) is 11.0. The van der Waals surface area contributed by atoms with Gasteiger partial charge in [-0.1, -0.05) is 17.7 Å². The van der Waals surface area contributed by atoms with E-state index < -0.39 is 4.92 Å². The van der Waals surface area contributed by atoms with Crippen LogP contribution in [0, 0.1) is 10.1 Å². The highest BCUT2D eigenvalue weighted by molar-refractivity contribution is 7.16. The number of nitrogens with zero attached hydrogens (tertiary/aromatic N) is 4. The smallest absolute Gasteiger partial charge is 0.358 e. The lowest BCUT2D eigenvalue weighted by Crippen LogP contribution is -2.17. The van der Waals surface area contributed by atoms with Crippen LogP contribution in [0.5, 0.6) is 0 Å². The highest BCUT2D eigenvalue weighted by Crippen LogP contribution is 2.30. The predicted molar refractivity (Wildman–Crippen MR) is 83.3 cm³/mol. The first kappa shape index (κ1) is 13.8. The molecule has 6 nitrogen and oxygen atoms in total. The van der Waals surface area contributed by atoms with Crippen LogP contribution in [0.15, 0.2) is 36.5 Å². The van der Waals surface area contributed by atoms with Gasteiger partial charge >= 0.3 is 5.82 Å². The molecule has 0 aliphatic carbocycles. The Hall–Kier alpha value is -2.12. The number of anilines is 1. The number of hydrogen-bond donors (Lipinski definition) is 0. The van der Waals surface area contributed by atoms with Crippen LogP contribution < -0.4 is 4.90 Å². The van der Waals surface area contributed by atoms with Gasteiger partial charge in [-0.2, -0.15) is 9.38 Å². The van der Waals surface area contributed by atoms with Gasteiger partial charge in [0.15, 0.2) is 0 Å². The van der Waals surface area contributed by atoms with Crippen molar-refractivity contribution in [2.75, 3.05) is 11.9 Å². The number of nitro groups is 1. The highest BCUT2D eigenvalue weighted by Gasteiger charge is 2.25. The maximum absolute atomic E-state index is 11.4. The van der Waals surface area contributed by atoms with E-state index in [1.807, 2.05) is 12.1 Å². The van der Waals surface area contributed by atoms with Crippen LogP contribution in [0.25, 0.3) is 5.65 Å². The summed E-state index contributed by atoms with van der Waals surface area (Å²) in [5.74, 6) is 0.312. The quantitative estimate of drug-likeness (QED) is 0.544. The summed E-state index contributed by atoms with van der Waals surface area (Å²) in [6, 6.07) is 9.00. The summed E-state index contributed by atoms with van der Waals surface area (Å²) in [6.07, 6.45) is 1.64. The van der Waals surface area contributed by atoms with E-state index in [-0.39, 0.29) is 5.82 Å². The number of halogens is 1. The minimum absolute atomic E-state index is 0.0317. The Labute approximate surface area is 129 Å². The largest absolute Gasteiger partial charge is 0.372 e.